The zero-order valence-corrected chi connectivity index (χ0v) is 16.1. The maximum Gasteiger partial charge on any atom is 0.251 e. The van der Waals surface area contributed by atoms with Crippen LogP contribution in [0.4, 0.5) is 0 Å². The SMILES string of the molecule is CCOc1cc(C(=O)NCc2ccccc2C)ccc1OCc1ccncc1. The molecule has 1 heterocycles. The van der Waals surface area contributed by atoms with Gasteiger partial charge in [-0.25, -0.2) is 0 Å². The highest BCUT2D eigenvalue weighted by molar-refractivity contribution is 5.94. The van der Waals surface area contributed by atoms with Crippen LogP contribution in [0.2, 0.25) is 0 Å². The molecule has 0 aliphatic carbocycles. The minimum Gasteiger partial charge on any atom is -0.490 e. The molecular formula is C23H24N2O3. The van der Waals surface area contributed by atoms with Crippen LogP contribution in [0.5, 0.6) is 11.5 Å². The molecular weight excluding hydrogens is 352 g/mol. The lowest BCUT2D eigenvalue weighted by molar-refractivity contribution is 0.0950. The molecule has 0 fully saturated rings. The molecule has 0 radical (unpaired) electrons. The number of nitrogens with one attached hydrogen (secondary N) is 1. The number of pyridine rings is 1. The van der Waals surface area contributed by atoms with Crippen LogP contribution in [-0.4, -0.2) is 17.5 Å². The Balaban J connectivity index is 1.68. The maximum atomic E-state index is 12.6. The van der Waals surface area contributed by atoms with Crippen LogP contribution >= 0.6 is 0 Å². The summed E-state index contributed by atoms with van der Waals surface area (Å²) in [6.07, 6.45) is 3.45. The number of ether oxygens (including phenoxy) is 2. The largest absolute Gasteiger partial charge is 0.490 e. The minimum absolute atomic E-state index is 0.148. The van der Waals surface area contributed by atoms with Gasteiger partial charge in [-0.1, -0.05) is 24.3 Å². The molecule has 2 aromatic carbocycles. The molecule has 0 aliphatic heterocycles. The van der Waals surface area contributed by atoms with E-state index in [9.17, 15) is 4.79 Å². The normalized spacial score (nSPS) is 10.4. The van der Waals surface area contributed by atoms with E-state index in [1.54, 1.807) is 30.6 Å². The average molecular weight is 376 g/mol. The van der Waals surface area contributed by atoms with Crippen LogP contribution in [0, 0.1) is 6.92 Å². The molecule has 1 aromatic heterocycles. The van der Waals surface area contributed by atoms with Crippen LogP contribution in [0.25, 0.3) is 0 Å². The van der Waals surface area contributed by atoms with Gasteiger partial charge in [0, 0.05) is 24.5 Å². The zero-order valence-electron chi connectivity index (χ0n) is 16.1. The highest BCUT2D eigenvalue weighted by Gasteiger charge is 2.12. The molecule has 0 saturated carbocycles. The van der Waals surface area contributed by atoms with E-state index < -0.39 is 0 Å². The monoisotopic (exact) mass is 376 g/mol. The number of hydrogen-bond acceptors (Lipinski definition) is 4. The van der Waals surface area contributed by atoms with E-state index in [1.165, 1.54) is 0 Å². The third kappa shape index (κ3) is 5.10. The summed E-state index contributed by atoms with van der Waals surface area (Å²) in [5.74, 6) is 1.01. The lowest BCUT2D eigenvalue weighted by Gasteiger charge is -2.14. The van der Waals surface area contributed by atoms with Gasteiger partial charge in [-0.05, 0) is 60.9 Å². The summed E-state index contributed by atoms with van der Waals surface area (Å²) in [5, 5.41) is 2.96. The molecule has 0 spiro atoms. The molecule has 0 unspecified atom stereocenters. The van der Waals surface area contributed by atoms with Gasteiger partial charge in [0.2, 0.25) is 0 Å². The molecule has 3 aromatic rings. The van der Waals surface area contributed by atoms with E-state index in [2.05, 4.69) is 10.3 Å². The predicted octanol–water partition coefficient (Wildman–Crippen LogP) is 4.30. The smallest absolute Gasteiger partial charge is 0.251 e. The van der Waals surface area contributed by atoms with Gasteiger partial charge in [-0.3, -0.25) is 9.78 Å². The standard InChI is InChI=1S/C23H24N2O3/c1-3-27-22-14-19(23(26)25-15-20-7-5-4-6-17(20)2)8-9-21(22)28-16-18-10-12-24-13-11-18/h4-14H,3,15-16H2,1-2H3,(H,25,26). The Morgan fingerprint density at radius 3 is 2.54 bits per heavy atom. The number of aromatic nitrogens is 1. The first-order valence-electron chi connectivity index (χ1n) is 9.28. The van der Waals surface area contributed by atoms with Crippen molar-refractivity contribution in [2.75, 3.05) is 6.61 Å². The van der Waals surface area contributed by atoms with Gasteiger partial charge >= 0.3 is 0 Å². The number of benzene rings is 2. The van der Waals surface area contributed by atoms with Crippen LogP contribution in [0.15, 0.2) is 67.0 Å². The summed E-state index contributed by atoms with van der Waals surface area (Å²) >= 11 is 0. The summed E-state index contributed by atoms with van der Waals surface area (Å²) in [6, 6.07) is 17.0. The van der Waals surface area contributed by atoms with Gasteiger partial charge < -0.3 is 14.8 Å². The topological polar surface area (TPSA) is 60.5 Å². The minimum atomic E-state index is -0.148. The highest BCUT2D eigenvalue weighted by Crippen LogP contribution is 2.29. The summed E-state index contributed by atoms with van der Waals surface area (Å²) in [5.41, 5.74) is 3.79. The molecule has 1 N–H and O–H groups in total. The van der Waals surface area contributed by atoms with Crippen molar-refractivity contribution in [1.82, 2.24) is 10.3 Å². The molecule has 0 saturated heterocycles. The molecule has 28 heavy (non-hydrogen) atoms. The second-order valence-corrected chi connectivity index (χ2v) is 6.35. The van der Waals surface area contributed by atoms with Gasteiger partial charge in [0.15, 0.2) is 11.5 Å². The van der Waals surface area contributed by atoms with Crippen LogP contribution in [0.1, 0.15) is 34.0 Å². The fourth-order valence-electron chi connectivity index (χ4n) is 2.76. The number of nitrogens with zero attached hydrogens (tertiary/aromatic N) is 1. The fourth-order valence-corrected chi connectivity index (χ4v) is 2.76. The van der Waals surface area contributed by atoms with Gasteiger partial charge in [0.1, 0.15) is 6.61 Å². The number of aryl methyl sites for hydroxylation is 1. The van der Waals surface area contributed by atoms with Crippen molar-refractivity contribution in [3.8, 4) is 11.5 Å². The number of carbonyl (C=O) groups is 1. The Kier molecular flexibility index (Phi) is 6.63. The maximum absolute atomic E-state index is 12.6. The van der Waals surface area contributed by atoms with Crippen molar-refractivity contribution < 1.29 is 14.3 Å². The van der Waals surface area contributed by atoms with E-state index in [-0.39, 0.29) is 5.91 Å². The summed E-state index contributed by atoms with van der Waals surface area (Å²) in [7, 11) is 0. The summed E-state index contributed by atoms with van der Waals surface area (Å²) in [4.78, 5) is 16.6. The zero-order chi connectivity index (χ0) is 19.8. The molecule has 1 amide bonds. The number of rotatable bonds is 8. The van der Waals surface area contributed by atoms with E-state index >= 15 is 0 Å². The van der Waals surface area contributed by atoms with E-state index in [1.807, 2.05) is 50.2 Å². The number of carbonyl (C=O) groups excluding carboxylic acids is 1. The Bertz CT molecular complexity index is 926. The van der Waals surface area contributed by atoms with Crippen molar-refractivity contribution in [2.24, 2.45) is 0 Å². The molecule has 0 atom stereocenters. The lowest BCUT2D eigenvalue weighted by atomic mass is 10.1. The van der Waals surface area contributed by atoms with Crippen LogP contribution in [0.3, 0.4) is 0 Å². The number of amides is 1. The van der Waals surface area contributed by atoms with Gasteiger partial charge in [0.25, 0.3) is 5.91 Å². The average Bonchev–Trinajstić information content (AvgIpc) is 2.73. The van der Waals surface area contributed by atoms with Crippen molar-refractivity contribution in [2.45, 2.75) is 27.0 Å². The molecule has 0 aliphatic rings. The number of hydrogen-bond donors (Lipinski definition) is 1. The molecule has 0 bridgehead atoms. The second-order valence-electron chi connectivity index (χ2n) is 6.35. The quantitative estimate of drug-likeness (QED) is 0.637. The van der Waals surface area contributed by atoms with Crippen LogP contribution < -0.4 is 14.8 Å². The predicted molar refractivity (Wildman–Crippen MR) is 109 cm³/mol. The second kappa shape index (κ2) is 9.55. The summed E-state index contributed by atoms with van der Waals surface area (Å²) in [6.45, 7) is 5.30. The van der Waals surface area contributed by atoms with E-state index in [4.69, 9.17) is 9.47 Å². The first-order valence-corrected chi connectivity index (χ1v) is 9.28. The van der Waals surface area contributed by atoms with Crippen molar-refractivity contribution in [3.63, 3.8) is 0 Å². The van der Waals surface area contributed by atoms with Crippen LogP contribution in [-0.2, 0) is 13.2 Å². The molecule has 5 heteroatoms. The first-order chi connectivity index (χ1) is 13.7. The van der Waals surface area contributed by atoms with Crippen molar-refractivity contribution in [3.05, 3.63) is 89.2 Å². The van der Waals surface area contributed by atoms with Gasteiger partial charge in [-0.15, -0.1) is 0 Å². The summed E-state index contributed by atoms with van der Waals surface area (Å²) < 4.78 is 11.6. The van der Waals surface area contributed by atoms with E-state index in [0.29, 0.717) is 36.8 Å². The van der Waals surface area contributed by atoms with Gasteiger partial charge in [-0.2, -0.15) is 0 Å². The Morgan fingerprint density at radius 2 is 1.79 bits per heavy atom. The van der Waals surface area contributed by atoms with Crippen molar-refractivity contribution in [1.29, 1.82) is 0 Å². The fraction of sp³-hybridized carbons (Fsp3) is 0.217. The molecule has 144 valence electrons. The van der Waals surface area contributed by atoms with Gasteiger partial charge in [0.05, 0.1) is 6.61 Å². The third-order valence-corrected chi connectivity index (χ3v) is 4.35. The Hall–Kier alpha value is -3.34. The highest BCUT2D eigenvalue weighted by atomic mass is 16.5. The van der Waals surface area contributed by atoms with Crippen molar-refractivity contribution >= 4 is 5.91 Å². The van der Waals surface area contributed by atoms with E-state index in [0.717, 1.165) is 16.7 Å². The molecule has 3 rings (SSSR count). The third-order valence-electron chi connectivity index (χ3n) is 4.35. The lowest BCUT2D eigenvalue weighted by Crippen LogP contribution is -2.23. The molecule has 5 nitrogen and oxygen atoms in total. The Morgan fingerprint density at radius 1 is 1.00 bits per heavy atom. The first kappa shape index (κ1) is 19.4. The Labute approximate surface area is 165 Å².